The van der Waals surface area contributed by atoms with Crippen molar-refractivity contribution in [2.45, 2.75) is 20.8 Å². The van der Waals surface area contributed by atoms with Crippen LogP contribution in [-0.4, -0.2) is 52.0 Å². The van der Waals surface area contributed by atoms with Gasteiger partial charge < -0.3 is 20.0 Å². The van der Waals surface area contributed by atoms with E-state index in [0.717, 1.165) is 43.0 Å². The molecule has 1 aliphatic heterocycles. The number of nitrogens with zero attached hydrogens (tertiary/aromatic N) is 5. The van der Waals surface area contributed by atoms with E-state index in [1.165, 1.54) is 6.20 Å². The first-order valence-electron chi connectivity index (χ1n) is 9.78. The molecule has 0 aliphatic carbocycles. The van der Waals surface area contributed by atoms with E-state index in [2.05, 4.69) is 40.8 Å². The Hall–Kier alpha value is -3.53. The van der Waals surface area contributed by atoms with Crippen LogP contribution in [0.4, 0.5) is 23.6 Å². The summed E-state index contributed by atoms with van der Waals surface area (Å²) in [6, 6.07) is 5.96. The van der Waals surface area contributed by atoms with Gasteiger partial charge in [-0.3, -0.25) is 10.1 Å². The van der Waals surface area contributed by atoms with Crippen LogP contribution >= 0.6 is 0 Å². The molecule has 1 amide bonds. The molecule has 1 aliphatic rings. The summed E-state index contributed by atoms with van der Waals surface area (Å²) in [7, 11) is 0. The third kappa shape index (κ3) is 4.38. The number of aryl methyl sites for hydroxylation is 3. The molecular weight excluding hydrogens is 384 g/mol. The summed E-state index contributed by atoms with van der Waals surface area (Å²) < 4.78 is 5.57. The number of benzene rings is 1. The maximum atomic E-state index is 12.6. The molecule has 0 saturated carbocycles. The predicted molar refractivity (Wildman–Crippen MR) is 113 cm³/mol. The molecule has 3 heterocycles. The molecule has 0 spiro atoms. The SMILES string of the molecule is Cc1nc(Nc2ncc(C(=O)Nc3c(C)cccc3C)o2)nc(N2CCNCC2)n1. The Labute approximate surface area is 174 Å². The standard InChI is InChI=1S/C20H24N8O2/c1-12-5-4-6-13(2)16(12)25-17(29)15-11-22-20(30-15)27-18-23-14(3)24-19(26-18)28-9-7-21-8-10-28/h4-6,11,21H,7-10H2,1-3H3,(H,25,29)(H,22,23,24,26,27). The zero-order valence-electron chi connectivity index (χ0n) is 17.2. The van der Waals surface area contributed by atoms with E-state index in [-0.39, 0.29) is 17.7 Å². The maximum Gasteiger partial charge on any atom is 0.302 e. The molecule has 2 aromatic heterocycles. The van der Waals surface area contributed by atoms with Crippen LogP contribution in [0.1, 0.15) is 27.5 Å². The molecule has 30 heavy (non-hydrogen) atoms. The minimum atomic E-state index is -0.374. The first-order chi connectivity index (χ1) is 14.5. The van der Waals surface area contributed by atoms with E-state index in [0.29, 0.717) is 17.7 Å². The molecule has 156 valence electrons. The number of amides is 1. The van der Waals surface area contributed by atoms with Gasteiger partial charge in [0, 0.05) is 31.9 Å². The number of piperazine rings is 1. The number of carbonyl (C=O) groups excluding carboxylic acids is 1. The lowest BCUT2D eigenvalue weighted by Gasteiger charge is -2.27. The first kappa shape index (κ1) is 19.8. The molecule has 10 nitrogen and oxygen atoms in total. The summed E-state index contributed by atoms with van der Waals surface area (Å²) in [6.45, 7) is 9.09. The van der Waals surface area contributed by atoms with Crippen LogP contribution in [0.2, 0.25) is 0 Å². The quantitative estimate of drug-likeness (QED) is 0.583. The molecule has 3 N–H and O–H groups in total. The van der Waals surface area contributed by atoms with E-state index >= 15 is 0 Å². The number of anilines is 4. The van der Waals surface area contributed by atoms with E-state index in [9.17, 15) is 4.79 Å². The lowest BCUT2D eigenvalue weighted by molar-refractivity contribution is 0.0997. The largest absolute Gasteiger partial charge is 0.418 e. The molecule has 0 unspecified atom stereocenters. The molecule has 10 heteroatoms. The van der Waals surface area contributed by atoms with Crippen LogP contribution in [-0.2, 0) is 0 Å². The van der Waals surface area contributed by atoms with Gasteiger partial charge in [-0.25, -0.2) is 4.98 Å². The Morgan fingerprint density at radius 3 is 2.57 bits per heavy atom. The van der Waals surface area contributed by atoms with Crippen molar-refractivity contribution in [1.82, 2.24) is 25.3 Å². The van der Waals surface area contributed by atoms with Crippen molar-refractivity contribution in [3.63, 3.8) is 0 Å². The van der Waals surface area contributed by atoms with Crippen LogP contribution in [0.25, 0.3) is 0 Å². The minimum Gasteiger partial charge on any atom is -0.418 e. The highest BCUT2D eigenvalue weighted by molar-refractivity contribution is 6.03. The van der Waals surface area contributed by atoms with Gasteiger partial charge in [0.2, 0.25) is 17.7 Å². The normalized spacial score (nSPS) is 13.9. The van der Waals surface area contributed by atoms with Crippen molar-refractivity contribution >= 4 is 29.5 Å². The van der Waals surface area contributed by atoms with E-state index < -0.39 is 0 Å². The zero-order valence-corrected chi connectivity index (χ0v) is 17.2. The number of para-hydroxylation sites is 1. The van der Waals surface area contributed by atoms with Crippen molar-refractivity contribution in [3.05, 3.63) is 47.1 Å². The summed E-state index contributed by atoms with van der Waals surface area (Å²) in [6.07, 6.45) is 1.37. The highest BCUT2D eigenvalue weighted by Gasteiger charge is 2.18. The molecule has 0 bridgehead atoms. The fourth-order valence-corrected chi connectivity index (χ4v) is 3.25. The van der Waals surface area contributed by atoms with E-state index in [4.69, 9.17) is 4.42 Å². The molecule has 1 fully saturated rings. The van der Waals surface area contributed by atoms with E-state index in [1.807, 2.05) is 32.0 Å². The summed E-state index contributed by atoms with van der Waals surface area (Å²) in [5, 5.41) is 9.10. The van der Waals surface area contributed by atoms with Gasteiger partial charge in [0.05, 0.1) is 6.20 Å². The van der Waals surface area contributed by atoms with Gasteiger partial charge in [-0.05, 0) is 31.9 Å². The lowest BCUT2D eigenvalue weighted by atomic mass is 10.1. The number of hydrogen-bond acceptors (Lipinski definition) is 9. The van der Waals surface area contributed by atoms with Gasteiger partial charge in [0.25, 0.3) is 5.91 Å². The van der Waals surface area contributed by atoms with Gasteiger partial charge in [-0.15, -0.1) is 0 Å². The monoisotopic (exact) mass is 408 g/mol. The van der Waals surface area contributed by atoms with Gasteiger partial charge in [0.15, 0.2) is 0 Å². The van der Waals surface area contributed by atoms with Crippen LogP contribution in [0.3, 0.4) is 0 Å². The van der Waals surface area contributed by atoms with Gasteiger partial charge in [0.1, 0.15) is 5.82 Å². The molecule has 0 atom stereocenters. The fraction of sp³-hybridized carbons (Fsp3) is 0.350. The van der Waals surface area contributed by atoms with Crippen molar-refractivity contribution in [1.29, 1.82) is 0 Å². The zero-order chi connectivity index (χ0) is 21.1. The Kier molecular flexibility index (Phi) is 5.57. The molecule has 3 aromatic rings. The van der Waals surface area contributed by atoms with Gasteiger partial charge >= 0.3 is 6.01 Å². The van der Waals surface area contributed by atoms with Gasteiger partial charge in [-0.1, -0.05) is 18.2 Å². The van der Waals surface area contributed by atoms with Crippen LogP contribution in [0.15, 0.2) is 28.8 Å². The van der Waals surface area contributed by atoms with Crippen molar-refractivity contribution < 1.29 is 9.21 Å². The first-order valence-corrected chi connectivity index (χ1v) is 9.78. The average molecular weight is 408 g/mol. The Bertz CT molecular complexity index is 1040. The Morgan fingerprint density at radius 1 is 1.10 bits per heavy atom. The number of rotatable bonds is 5. The van der Waals surface area contributed by atoms with Crippen LogP contribution in [0, 0.1) is 20.8 Å². The molecular formula is C20H24N8O2. The Balaban J connectivity index is 1.48. The number of carbonyl (C=O) groups is 1. The summed E-state index contributed by atoms with van der Waals surface area (Å²) in [5.41, 5.74) is 2.71. The molecule has 0 radical (unpaired) electrons. The third-order valence-electron chi connectivity index (χ3n) is 4.80. The predicted octanol–water partition coefficient (Wildman–Crippen LogP) is 2.19. The lowest BCUT2D eigenvalue weighted by Crippen LogP contribution is -2.44. The van der Waals surface area contributed by atoms with Crippen LogP contribution < -0.4 is 20.9 Å². The number of oxazole rings is 1. The third-order valence-corrected chi connectivity index (χ3v) is 4.80. The topological polar surface area (TPSA) is 121 Å². The molecule has 1 saturated heterocycles. The van der Waals surface area contributed by atoms with Gasteiger partial charge in [-0.2, -0.15) is 15.0 Å². The van der Waals surface area contributed by atoms with Crippen molar-refractivity contribution in [2.24, 2.45) is 0 Å². The maximum absolute atomic E-state index is 12.6. The fourth-order valence-electron chi connectivity index (χ4n) is 3.25. The average Bonchev–Trinajstić information content (AvgIpc) is 3.19. The molecule has 4 rings (SSSR count). The summed E-state index contributed by atoms with van der Waals surface area (Å²) >= 11 is 0. The molecule has 1 aromatic carbocycles. The number of hydrogen-bond donors (Lipinski definition) is 3. The number of aromatic nitrogens is 4. The highest BCUT2D eigenvalue weighted by Crippen LogP contribution is 2.22. The summed E-state index contributed by atoms with van der Waals surface area (Å²) in [5.74, 6) is 1.22. The van der Waals surface area contributed by atoms with Crippen molar-refractivity contribution in [3.8, 4) is 0 Å². The second-order valence-corrected chi connectivity index (χ2v) is 7.12. The second-order valence-electron chi connectivity index (χ2n) is 7.12. The van der Waals surface area contributed by atoms with E-state index in [1.54, 1.807) is 6.92 Å². The van der Waals surface area contributed by atoms with Crippen LogP contribution in [0.5, 0.6) is 0 Å². The second kappa shape index (κ2) is 8.46. The van der Waals surface area contributed by atoms with Crippen molar-refractivity contribution in [2.75, 3.05) is 41.7 Å². The Morgan fingerprint density at radius 2 is 1.83 bits per heavy atom. The number of nitrogens with one attached hydrogen (secondary N) is 3. The summed E-state index contributed by atoms with van der Waals surface area (Å²) in [4.78, 5) is 32.0. The highest BCUT2D eigenvalue weighted by atomic mass is 16.4. The smallest absolute Gasteiger partial charge is 0.302 e. The minimum absolute atomic E-state index is 0.0910.